The molecule has 0 saturated carbocycles. The van der Waals surface area contributed by atoms with E-state index in [0.29, 0.717) is 38.8 Å². The minimum Gasteiger partial charge on any atom is -0.412 e. The molecule has 16 nitrogen and oxygen atoms in total. The molecule has 8 N–H and O–H groups in total. The van der Waals surface area contributed by atoms with Crippen LogP contribution in [0.15, 0.2) is 0 Å². The summed E-state index contributed by atoms with van der Waals surface area (Å²) in [5.41, 5.74) is 0. The van der Waals surface area contributed by atoms with Crippen molar-refractivity contribution in [1.82, 2.24) is 25.3 Å². The highest BCUT2D eigenvalue weighted by Crippen LogP contribution is 2.08. The van der Waals surface area contributed by atoms with E-state index in [1.807, 2.05) is 27.7 Å². The fourth-order valence-electron chi connectivity index (χ4n) is 2.77. The molecule has 2 aliphatic rings. The number of nitrogens with zero attached hydrogens (tertiary/aromatic N) is 3. The van der Waals surface area contributed by atoms with Crippen molar-refractivity contribution in [3.63, 3.8) is 0 Å². The molecule has 6 amide bonds. The molecule has 44 heavy (non-hydrogen) atoms. The van der Waals surface area contributed by atoms with Crippen LogP contribution in [0.3, 0.4) is 0 Å². The number of hydrogen-bond acceptors (Lipinski definition) is 11. The highest BCUT2D eigenvalue weighted by atomic mass is 16.3. The molecule has 0 spiro atoms. The third-order valence-corrected chi connectivity index (χ3v) is 5.12. The van der Waals surface area contributed by atoms with E-state index in [1.165, 1.54) is 35.8 Å². The van der Waals surface area contributed by atoms with Gasteiger partial charge < -0.3 is 41.4 Å². The Morgan fingerprint density at radius 1 is 0.682 bits per heavy atom. The lowest BCUT2D eigenvalue weighted by Gasteiger charge is -2.20. The average Bonchev–Trinajstić information content (AvgIpc) is 3.47. The predicted molar refractivity (Wildman–Crippen MR) is 168 cm³/mol. The number of imide groups is 2. The summed E-state index contributed by atoms with van der Waals surface area (Å²) in [6.07, 6.45) is 1.82. The Balaban J connectivity index is -0.000000108. The maximum atomic E-state index is 11.5. The van der Waals surface area contributed by atoms with Gasteiger partial charge in [-0.3, -0.25) is 38.6 Å². The van der Waals surface area contributed by atoms with E-state index >= 15 is 0 Å². The lowest BCUT2D eigenvalue weighted by molar-refractivity contribution is -0.138. The second-order valence-corrected chi connectivity index (χ2v) is 7.89. The molecule has 2 heterocycles. The fraction of sp³-hybridized carbons (Fsp3) is 0.786. The Hall–Kier alpha value is -3.02. The predicted octanol–water partition coefficient (Wildman–Crippen LogP) is -1.72. The number of hydrogen-bond donors (Lipinski definition) is 6. The third-order valence-electron chi connectivity index (χ3n) is 5.12. The van der Waals surface area contributed by atoms with Crippen LogP contribution in [-0.4, -0.2) is 150 Å². The van der Waals surface area contributed by atoms with Crippen molar-refractivity contribution in [2.45, 2.75) is 73.6 Å². The second-order valence-electron chi connectivity index (χ2n) is 7.89. The largest absolute Gasteiger partial charge is 0.412 e. The molecular formula is C28H61N5O11. The molecule has 2 rings (SSSR count). The van der Waals surface area contributed by atoms with Crippen LogP contribution in [0.1, 0.15) is 73.6 Å². The summed E-state index contributed by atoms with van der Waals surface area (Å²) in [5, 5.41) is 38.9. The third kappa shape index (κ3) is 29.1. The topological polar surface area (TPSA) is 249 Å². The Morgan fingerprint density at radius 2 is 1.00 bits per heavy atom. The highest BCUT2D eigenvalue weighted by molar-refractivity contribution is 6.02. The van der Waals surface area contributed by atoms with Crippen LogP contribution in [0.25, 0.3) is 0 Å². The number of nitrogens with one attached hydrogen (secondary N) is 2. The Kier molecular flexibility index (Phi) is 46.2. The summed E-state index contributed by atoms with van der Waals surface area (Å²) >= 11 is 0. The number of carbonyl (C=O) groups is 6. The van der Waals surface area contributed by atoms with Crippen LogP contribution >= 0.6 is 0 Å². The van der Waals surface area contributed by atoms with Crippen LogP contribution in [0.2, 0.25) is 0 Å². The summed E-state index contributed by atoms with van der Waals surface area (Å²) < 4.78 is 0. The van der Waals surface area contributed by atoms with Crippen molar-refractivity contribution >= 4 is 35.4 Å². The van der Waals surface area contributed by atoms with Crippen LogP contribution in [0.5, 0.6) is 0 Å². The van der Waals surface area contributed by atoms with Crippen molar-refractivity contribution in [3.8, 4) is 0 Å². The van der Waals surface area contributed by atoms with Crippen LogP contribution in [-0.2, 0) is 28.8 Å². The van der Waals surface area contributed by atoms with Gasteiger partial charge in [0.25, 0.3) is 0 Å². The van der Waals surface area contributed by atoms with Crippen molar-refractivity contribution in [2.75, 3.05) is 73.7 Å². The lowest BCUT2D eigenvalue weighted by atomic mass is 10.2. The minimum atomic E-state index is -0.235. The molecule has 0 aromatic heterocycles. The molecule has 2 saturated heterocycles. The van der Waals surface area contributed by atoms with E-state index in [-0.39, 0.29) is 101 Å². The van der Waals surface area contributed by atoms with Gasteiger partial charge in [0.05, 0.1) is 26.4 Å². The van der Waals surface area contributed by atoms with Crippen molar-refractivity contribution in [3.05, 3.63) is 0 Å². The van der Waals surface area contributed by atoms with E-state index in [2.05, 4.69) is 10.6 Å². The molecule has 2 aliphatic heterocycles. The first-order chi connectivity index (χ1) is 20.0. The Labute approximate surface area is 263 Å². The molecule has 0 aromatic carbocycles. The SMILES string of the molecule is C.CC.CC.CN1C(=O)CCC1=O.CN1C(=O)CCC1=O.CNC(=O)CCC(=O)N(CCO)CCO.O.OCCNCCO. The van der Waals surface area contributed by atoms with Gasteiger partial charge in [-0.1, -0.05) is 35.1 Å². The zero-order valence-electron chi connectivity index (χ0n) is 27.0. The van der Waals surface area contributed by atoms with Crippen molar-refractivity contribution in [2.24, 2.45) is 0 Å². The van der Waals surface area contributed by atoms with Gasteiger partial charge in [-0.15, -0.1) is 0 Å². The molecule has 0 aromatic rings. The number of aliphatic hydroxyl groups is 4. The summed E-state index contributed by atoms with van der Waals surface area (Å²) in [7, 11) is 4.53. The molecular weight excluding hydrogens is 582 g/mol. The first-order valence-electron chi connectivity index (χ1n) is 14.2. The van der Waals surface area contributed by atoms with Crippen LogP contribution < -0.4 is 10.6 Å². The van der Waals surface area contributed by atoms with Gasteiger partial charge in [-0.2, -0.15) is 0 Å². The molecule has 0 aliphatic carbocycles. The lowest BCUT2D eigenvalue weighted by Crippen LogP contribution is -2.36. The molecule has 0 atom stereocenters. The molecule has 264 valence electrons. The molecule has 0 unspecified atom stereocenters. The summed E-state index contributed by atoms with van der Waals surface area (Å²) in [4.78, 5) is 68.0. The van der Waals surface area contributed by atoms with Gasteiger partial charge >= 0.3 is 0 Å². The number of carbonyl (C=O) groups excluding carboxylic acids is 6. The zero-order valence-corrected chi connectivity index (χ0v) is 27.0. The molecule has 0 radical (unpaired) electrons. The van der Waals surface area contributed by atoms with Gasteiger partial charge in [0.2, 0.25) is 35.4 Å². The van der Waals surface area contributed by atoms with E-state index in [4.69, 9.17) is 20.4 Å². The van der Waals surface area contributed by atoms with Crippen molar-refractivity contribution < 1.29 is 54.7 Å². The normalized spacial score (nSPS) is 12.5. The van der Waals surface area contributed by atoms with Crippen LogP contribution in [0, 0.1) is 0 Å². The van der Waals surface area contributed by atoms with Gasteiger partial charge in [0, 0.05) is 85.8 Å². The monoisotopic (exact) mass is 643 g/mol. The first kappa shape index (κ1) is 53.5. The highest BCUT2D eigenvalue weighted by Gasteiger charge is 2.24. The standard InChI is InChI=1S/C9H18N2O4.2C5H7NO2.C4H11NO2.2C2H6.CH4.H2O/c1-10-8(14)2-3-9(15)11(4-6-12)5-7-13;2*1-6-4(7)2-3-5(6)8;6-3-1-5-2-4-7;2*1-2;;/h12-13H,2-7H2,1H3,(H,10,14);2*2-3H2,1H3;5-7H,1-4H2;2*1-2H3;1H4;1H2. The maximum absolute atomic E-state index is 11.5. The summed E-state index contributed by atoms with van der Waals surface area (Å²) in [6, 6.07) is 0. The van der Waals surface area contributed by atoms with Gasteiger partial charge in [-0.05, 0) is 0 Å². The van der Waals surface area contributed by atoms with E-state index in [9.17, 15) is 28.8 Å². The van der Waals surface area contributed by atoms with Gasteiger partial charge in [0.15, 0.2) is 0 Å². The molecule has 16 heteroatoms. The Morgan fingerprint density at radius 3 is 1.20 bits per heavy atom. The average molecular weight is 644 g/mol. The van der Waals surface area contributed by atoms with Gasteiger partial charge in [0.1, 0.15) is 0 Å². The maximum Gasteiger partial charge on any atom is 0.229 e. The Bertz CT molecular complexity index is 679. The summed E-state index contributed by atoms with van der Waals surface area (Å²) in [6.45, 7) is 9.50. The number of likely N-dealkylation sites (tertiary alicyclic amines) is 2. The zero-order chi connectivity index (χ0) is 33.5. The fourth-order valence-corrected chi connectivity index (χ4v) is 2.77. The number of rotatable bonds is 11. The number of amides is 6. The van der Waals surface area contributed by atoms with Crippen molar-refractivity contribution in [1.29, 1.82) is 0 Å². The minimum absolute atomic E-state index is 0. The van der Waals surface area contributed by atoms with E-state index in [0.717, 1.165) is 0 Å². The van der Waals surface area contributed by atoms with E-state index < -0.39 is 0 Å². The summed E-state index contributed by atoms with van der Waals surface area (Å²) in [5.74, 6) is -0.673. The van der Waals surface area contributed by atoms with Crippen LogP contribution in [0.4, 0.5) is 0 Å². The second kappa shape index (κ2) is 38.0. The smallest absolute Gasteiger partial charge is 0.229 e. The number of aliphatic hydroxyl groups excluding tert-OH is 4. The molecule has 2 fully saturated rings. The first-order valence-corrected chi connectivity index (χ1v) is 14.2. The van der Waals surface area contributed by atoms with Gasteiger partial charge in [-0.25, -0.2) is 0 Å². The quantitative estimate of drug-likeness (QED) is 0.109. The molecule has 0 bridgehead atoms. The van der Waals surface area contributed by atoms with E-state index in [1.54, 1.807) is 0 Å².